The predicted octanol–water partition coefficient (Wildman–Crippen LogP) is -2.67. The van der Waals surface area contributed by atoms with Gasteiger partial charge in [-0.3, -0.25) is 0 Å². The summed E-state index contributed by atoms with van der Waals surface area (Å²) in [6.45, 7) is 0. The average Bonchev–Trinajstić information content (AvgIpc) is 0. The van der Waals surface area contributed by atoms with Gasteiger partial charge in [-0.25, -0.2) is 0 Å². The van der Waals surface area contributed by atoms with Crippen LogP contribution in [0.2, 0.25) is 0 Å². The maximum Gasteiger partial charge on any atom is 3.00 e. The van der Waals surface area contributed by atoms with E-state index in [1.165, 1.54) is 0 Å². The van der Waals surface area contributed by atoms with Gasteiger partial charge in [-0.05, 0) is 0 Å². The Morgan fingerprint density at radius 3 is 0.143 bits per heavy atom. The molecule has 0 atom stereocenters. The molecule has 0 fully saturated rings. The fourth-order valence-corrected chi connectivity index (χ4v) is 0. The van der Waals surface area contributed by atoms with Crippen LogP contribution in [-0.2, 0) is 0 Å². The predicted molar refractivity (Wildman–Crippen MR) is 40.3 cm³/mol. The fourth-order valence-electron chi connectivity index (χ4n) is 0. The first kappa shape index (κ1) is 73.1. The minimum absolute atomic E-state index is 0. The summed E-state index contributed by atoms with van der Waals surface area (Å²) in [5.41, 5.74) is 0. The van der Waals surface area contributed by atoms with E-state index in [0.29, 0.717) is 0 Å². The Labute approximate surface area is 119 Å². The second kappa shape index (κ2) is 53.3. The minimum atomic E-state index is 0. The SMILES string of the molecule is [Al+3].[Al+3].[Al+3].[Al+3].[Al+3].[Al+3].[Al+3]. The van der Waals surface area contributed by atoms with Crippen LogP contribution in [0.4, 0.5) is 0 Å². The van der Waals surface area contributed by atoms with E-state index >= 15 is 0 Å². The Bertz CT molecular complexity index is 0. The van der Waals surface area contributed by atoms with Gasteiger partial charge in [0.1, 0.15) is 0 Å². The van der Waals surface area contributed by atoms with E-state index in [4.69, 9.17) is 0 Å². The van der Waals surface area contributed by atoms with Crippen LogP contribution in [-0.4, -0.2) is 122 Å². The van der Waals surface area contributed by atoms with Gasteiger partial charge in [0.05, 0.1) is 0 Å². The van der Waals surface area contributed by atoms with Gasteiger partial charge in [0, 0.05) is 0 Å². The zero-order valence-corrected chi connectivity index (χ0v) is 12.1. The normalized spacial score (nSPS) is 0. The third-order valence-corrected chi connectivity index (χ3v) is 0. The zero-order chi connectivity index (χ0) is 0. The van der Waals surface area contributed by atoms with Crippen molar-refractivity contribution in [3.8, 4) is 0 Å². The van der Waals surface area contributed by atoms with Crippen molar-refractivity contribution in [2.75, 3.05) is 0 Å². The first-order valence-corrected chi connectivity index (χ1v) is 0. The molecule has 0 aliphatic heterocycles. The standard InChI is InChI=1S/7Al/q7*+3. The van der Waals surface area contributed by atoms with Crippen LogP contribution in [0.15, 0.2) is 0 Å². The smallest absolute Gasteiger partial charge is 3.00 e. The van der Waals surface area contributed by atoms with E-state index in [1.807, 2.05) is 0 Å². The van der Waals surface area contributed by atoms with E-state index in [-0.39, 0.29) is 122 Å². The molecular formula is Al7+21. The first-order chi connectivity index (χ1) is 0. The molecule has 0 aromatic heterocycles. The third kappa shape index (κ3) is 41.8. The zero-order valence-electron chi connectivity index (χ0n) is 4.04. The van der Waals surface area contributed by atoms with Crippen molar-refractivity contribution in [2.45, 2.75) is 0 Å². The molecule has 0 unspecified atom stereocenters. The Morgan fingerprint density at radius 1 is 0.143 bits per heavy atom. The van der Waals surface area contributed by atoms with E-state index in [9.17, 15) is 0 Å². The summed E-state index contributed by atoms with van der Waals surface area (Å²) in [6, 6.07) is 0. The molecule has 0 radical (unpaired) electrons. The van der Waals surface area contributed by atoms with Crippen LogP contribution in [0.3, 0.4) is 0 Å². The summed E-state index contributed by atoms with van der Waals surface area (Å²) >= 11 is 0. The summed E-state index contributed by atoms with van der Waals surface area (Å²) in [5, 5.41) is 0. The fraction of sp³-hybridized carbons (Fsp3) is 0. The maximum absolute atomic E-state index is 0. The average molecular weight is 189 g/mol. The molecule has 0 N–H and O–H groups in total. The molecule has 0 aliphatic carbocycles. The maximum atomic E-state index is 0. The molecular weight excluding hydrogens is 189 g/mol. The monoisotopic (exact) mass is 189 g/mol. The van der Waals surface area contributed by atoms with Crippen LogP contribution in [0, 0.1) is 0 Å². The molecule has 0 saturated carbocycles. The summed E-state index contributed by atoms with van der Waals surface area (Å²) in [4.78, 5) is 0. The molecule has 0 rings (SSSR count). The van der Waals surface area contributed by atoms with Crippen LogP contribution < -0.4 is 0 Å². The van der Waals surface area contributed by atoms with E-state index in [2.05, 4.69) is 0 Å². The summed E-state index contributed by atoms with van der Waals surface area (Å²) in [7, 11) is 0. The van der Waals surface area contributed by atoms with Crippen molar-refractivity contribution < 1.29 is 0 Å². The van der Waals surface area contributed by atoms with Crippen molar-refractivity contribution in [1.82, 2.24) is 0 Å². The van der Waals surface area contributed by atoms with Gasteiger partial charge >= 0.3 is 122 Å². The molecule has 0 amide bonds. The minimum Gasteiger partial charge on any atom is 3.00 e. The molecule has 0 nitrogen and oxygen atoms in total. The molecule has 0 aliphatic rings. The molecule has 0 spiro atoms. The Morgan fingerprint density at radius 2 is 0.143 bits per heavy atom. The summed E-state index contributed by atoms with van der Waals surface area (Å²) in [6.07, 6.45) is 0. The third-order valence-electron chi connectivity index (χ3n) is 0. The van der Waals surface area contributed by atoms with E-state index < -0.39 is 0 Å². The van der Waals surface area contributed by atoms with E-state index in [1.54, 1.807) is 0 Å². The van der Waals surface area contributed by atoms with Crippen molar-refractivity contribution in [3.05, 3.63) is 0 Å². The quantitative estimate of drug-likeness (QED) is 0.364. The molecule has 0 valence electrons. The molecule has 0 bridgehead atoms. The van der Waals surface area contributed by atoms with Crippen LogP contribution in [0.5, 0.6) is 0 Å². The number of hydrogen-bond donors (Lipinski definition) is 0. The van der Waals surface area contributed by atoms with Gasteiger partial charge in [-0.1, -0.05) is 0 Å². The van der Waals surface area contributed by atoms with Gasteiger partial charge in [0.2, 0.25) is 0 Å². The Kier molecular flexibility index (Phi) is 557. The molecule has 7 heavy (non-hydrogen) atoms. The van der Waals surface area contributed by atoms with Gasteiger partial charge in [-0.2, -0.15) is 0 Å². The van der Waals surface area contributed by atoms with Gasteiger partial charge in [0.25, 0.3) is 0 Å². The van der Waals surface area contributed by atoms with Gasteiger partial charge in [-0.15, -0.1) is 0 Å². The summed E-state index contributed by atoms with van der Waals surface area (Å²) < 4.78 is 0. The summed E-state index contributed by atoms with van der Waals surface area (Å²) in [5.74, 6) is 0. The van der Waals surface area contributed by atoms with Crippen molar-refractivity contribution in [2.24, 2.45) is 0 Å². The largest absolute Gasteiger partial charge is 3.00 e. The Balaban J connectivity index is 0. The van der Waals surface area contributed by atoms with Crippen LogP contribution in [0.1, 0.15) is 0 Å². The van der Waals surface area contributed by atoms with Gasteiger partial charge in [0.15, 0.2) is 0 Å². The molecule has 7 heteroatoms. The van der Waals surface area contributed by atoms with Crippen LogP contribution >= 0.6 is 0 Å². The number of hydrogen-bond acceptors (Lipinski definition) is 0. The topological polar surface area (TPSA) is 0 Å². The number of rotatable bonds is 0. The molecule has 0 saturated heterocycles. The first-order valence-electron chi connectivity index (χ1n) is 0. The Hall–Kier alpha value is 3.73. The molecule has 0 heterocycles. The molecule has 0 aromatic rings. The van der Waals surface area contributed by atoms with Crippen LogP contribution in [0.25, 0.3) is 0 Å². The second-order valence-electron chi connectivity index (χ2n) is 0. The van der Waals surface area contributed by atoms with Crippen molar-refractivity contribution >= 4 is 122 Å². The van der Waals surface area contributed by atoms with Gasteiger partial charge < -0.3 is 0 Å². The van der Waals surface area contributed by atoms with Crippen molar-refractivity contribution in [1.29, 1.82) is 0 Å². The second-order valence-corrected chi connectivity index (χ2v) is 0. The molecule has 0 aromatic carbocycles. The van der Waals surface area contributed by atoms with E-state index in [0.717, 1.165) is 0 Å². The van der Waals surface area contributed by atoms with Crippen molar-refractivity contribution in [3.63, 3.8) is 0 Å².